The van der Waals surface area contributed by atoms with Crippen molar-refractivity contribution in [3.05, 3.63) is 12.4 Å². The van der Waals surface area contributed by atoms with Crippen LogP contribution in [-0.4, -0.2) is 40.4 Å². The van der Waals surface area contributed by atoms with Gasteiger partial charge in [0, 0.05) is 19.0 Å². The van der Waals surface area contributed by atoms with Gasteiger partial charge in [-0.1, -0.05) is 0 Å². The number of hydrogen-bond acceptors (Lipinski definition) is 5. The summed E-state index contributed by atoms with van der Waals surface area (Å²) < 4.78 is 1.90. The summed E-state index contributed by atoms with van der Waals surface area (Å²) in [6.45, 7) is 1.98. The molecule has 3 rings (SSSR count). The number of aromatic nitrogens is 2. The standard InChI is InChI=1S/C13H18N6O2/c20-12-2-1-11(17-18-12)13(21)16-9-7-15-19(8-9)10-3-5-14-6-4-10/h7-8,10,14H,1-6H2,(H,16,21)(H,18,20). The van der Waals surface area contributed by atoms with Crippen LogP contribution in [0.25, 0.3) is 0 Å². The van der Waals surface area contributed by atoms with Crippen molar-refractivity contribution < 1.29 is 9.59 Å². The summed E-state index contributed by atoms with van der Waals surface area (Å²) in [6.07, 6.45) is 6.21. The fourth-order valence-corrected chi connectivity index (χ4v) is 2.51. The van der Waals surface area contributed by atoms with Crippen LogP contribution in [0.2, 0.25) is 0 Å². The average Bonchev–Trinajstić information content (AvgIpc) is 2.97. The number of hydrazone groups is 1. The van der Waals surface area contributed by atoms with Crippen LogP contribution in [0.15, 0.2) is 17.5 Å². The number of amides is 2. The van der Waals surface area contributed by atoms with Gasteiger partial charge in [0.1, 0.15) is 5.71 Å². The van der Waals surface area contributed by atoms with Crippen LogP contribution in [0, 0.1) is 0 Å². The highest BCUT2D eigenvalue weighted by Crippen LogP contribution is 2.19. The maximum Gasteiger partial charge on any atom is 0.271 e. The maximum atomic E-state index is 12.0. The van der Waals surface area contributed by atoms with Gasteiger partial charge < -0.3 is 10.6 Å². The van der Waals surface area contributed by atoms with E-state index in [0.29, 0.717) is 30.3 Å². The van der Waals surface area contributed by atoms with E-state index in [1.807, 2.05) is 10.9 Å². The van der Waals surface area contributed by atoms with E-state index in [1.165, 1.54) is 0 Å². The molecule has 1 aromatic rings. The molecule has 8 heteroatoms. The van der Waals surface area contributed by atoms with Crippen molar-refractivity contribution in [2.45, 2.75) is 31.7 Å². The zero-order valence-electron chi connectivity index (χ0n) is 11.6. The second-order valence-corrected chi connectivity index (χ2v) is 5.24. The first-order chi connectivity index (χ1) is 10.2. The van der Waals surface area contributed by atoms with Crippen LogP contribution in [0.1, 0.15) is 31.7 Å². The number of carbonyl (C=O) groups is 2. The molecule has 1 aromatic heterocycles. The molecular weight excluding hydrogens is 272 g/mol. The van der Waals surface area contributed by atoms with Crippen LogP contribution < -0.4 is 16.1 Å². The summed E-state index contributed by atoms with van der Waals surface area (Å²) in [5.74, 6) is -0.454. The zero-order valence-corrected chi connectivity index (χ0v) is 11.6. The molecule has 2 aliphatic heterocycles. The van der Waals surface area contributed by atoms with E-state index >= 15 is 0 Å². The molecule has 1 saturated heterocycles. The molecular formula is C13H18N6O2. The lowest BCUT2D eigenvalue weighted by Crippen LogP contribution is -2.32. The first kappa shape index (κ1) is 13.7. The minimum atomic E-state index is -0.292. The molecule has 3 heterocycles. The number of nitrogens with zero attached hydrogens (tertiary/aromatic N) is 3. The van der Waals surface area contributed by atoms with E-state index in [9.17, 15) is 9.59 Å². The zero-order chi connectivity index (χ0) is 14.7. The Balaban J connectivity index is 1.61. The van der Waals surface area contributed by atoms with Gasteiger partial charge in [-0.3, -0.25) is 14.3 Å². The maximum absolute atomic E-state index is 12.0. The molecule has 0 bridgehead atoms. The SMILES string of the molecule is O=C1CCC(C(=O)Nc2cnn(C3CCNCC3)c2)=NN1. The minimum Gasteiger partial charge on any atom is -0.318 e. The Hall–Kier alpha value is -2.22. The molecule has 0 aliphatic carbocycles. The molecule has 0 atom stereocenters. The van der Waals surface area contributed by atoms with Gasteiger partial charge in [-0.2, -0.15) is 10.2 Å². The molecule has 112 valence electrons. The van der Waals surface area contributed by atoms with E-state index < -0.39 is 0 Å². The quantitative estimate of drug-likeness (QED) is 0.730. The Morgan fingerprint density at radius 1 is 1.33 bits per heavy atom. The Labute approximate surface area is 122 Å². The Bertz CT molecular complexity index is 573. The third-order valence-corrected chi connectivity index (χ3v) is 3.71. The van der Waals surface area contributed by atoms with Gasteiger partial charge in [-0.15, -0.1) is 0 Å². The molecule has 0 spiro atoms. The summed E-state index contributed by atoms with van der Waals surface area (Å²) in [7, 11) is 0. The predicted molar refractivity (Wildman–Crippen MR) is 76.8 cm³/mol. The first-order valence-electron chi connectivity index (χ1n) is 7.14. The van der Waals surface area contributed by atoms with Crippen LogP contribution in [0.5, 0.6) is 0 Å². The summed E-state index contributed by atoms with van der Waals surface area (Å²) in [5.41, 5.74) is 3.30. The number of anilines is 1. The molecule has 21 heavy (non-hydrogen) atoms. The number of nitrogens with one attached hydrogen (secondary N) is 3. The van der Waals surface area contributed by atoms with E-state index in [1.54, 1.807) is 6.20 Å². The third-order valence-electron chi connectivity index (χ3n) is 3.71. The molecule has 3 N–H and O–H groups in total. The Kier molecular flexibility index (Phi) is 3.96. The number of carbonyl (C=O) groups excluding carboxylic acids is 2. The normalized spacial score (nSPS) is 19.8. The largest absolute Gasteiger partial charge is 0.318 e. The van der Waals surface area contributed by atoms with Crippen molar-refractivity contribution in [2.75, 3.05) is 18.4 Å². The fraction of sp³-hybridized carbons (Fsp3) is 0.538. The summed E-state index contributed by atoms with van der Waals surface area (Å²) in [4.78, 5) is 23.0. The smallest absolute Gasteiger partial charge is 0.271 e. The lowest BCUT2D eigenvalue weighted by atomic mass is 10.1. The van der Waals surface area contributed by atoms with Crippen molar-refractivity contribution in [3.63, 3.8) is 0 Å². The van der Waals surface area contributed by atoms with Crippen molar-refractivity contribution in [2.24, 2.45) is 5.10 Å². The molecule has 2 aliphatic rings. The molecule has 0 aromatic carbocycles. The number of piperidine rings is 1. The monoisotopic (exact) mass is 290 g/mol. The third kappa shape index (κ3) is 3.27. The Morgan fingerprint density at radius 3 is 2.86 bits per heavy atom. The molecule has 0 saturated carbocycles. The highest BCUT2D eigenvalue weighted by atomic mass is 16.2. The second kappa shape index (κ2) is 6.04. The van der Waals surface area contributed by atoms with Gasteiger partial charge in [-0.25, -0.2) is 5.43 Å². The van der Waals surface area contributed by atoms with Gasteiger partial charge in [0.15, 0.2) is 0 Å². The first-order valence-corrected chi connectivity index (χ1v) is 7.14. The van der Waals surface area contributed by atoms with Gasteiger partial charge in [0.05, 0.1) is 17.9 Å². The fourth-order valence-electron chi connectivity index (χ4n) is 2.51. The lowest BCUT2D eigenvalue weighted by molar-refractivity contribution is -0.121. The second-order valence-electron chi connectivity index (χ2n) is 5.24. The van der Waals surface area contributed by atoms with E-state index in [0.717, 1.165) is 25.9 Å². The van der Waals surface area contributed by atoms with Crippen molar-refractivity contribution in [3.8, 4) is 0 Å². The summed E-state index contributed by atoms with van der Waals surface area (Å²) in [6, 6.07) is 0.378. The molecule has 0 radical (unpaired) electrons. The van der Waals surface area contributed by atoms with Gasteiger partial charge >= 0.3 is 0 Å². The number of hydrogen-bond donors (Lipinski definition) is 3. The topological polar surface area (TPSA) is 100 Å². The van der Waals surface area contributed by atoms with Crippen molar-refractivity contribution >= 4 is 23.2 Å². The summed E-state index contributed by atoms with van der Waals surface area (Å²) >= 11 is 0. The van der Waals surface area contributed by atoms with Crippen molar-refractivity contribution in [1.82, 2.24) is 20.5 Å². The van der Waals surface area contributed by atoms with E-state index in [4.69, 9.17) is 0 Å². The average molecular weight is 290 g/mol. The predicted octanol–water partition coefficient (Wildman–Crippen LogP) is 0.0121. The van der Waals surface area contributed by atoms with Crippen LogP contribution in [-0.2, 0) is 9.59 Å². The van der Waals surface area contributed by atoms with E-state index in [-0.39, 0.29) is 11.8 Å². The van der Waals surface area contributed by atoms with Crippen LogP contribution >= 0.6 is 0 Å². The van der Waals surface area contributed by atoms with Gasteiger partial charge in [0.2, 0.25) is 5.91 Å². The van der Waals surface area contributed by atoms with Crippen LogP contribution in [0.4, 0.5) is 5.69 Å². The molecule has 2 amide bonds. The lowest BCUT2D eigenvalue weighted by Gasteiger charge is -2.22. The Morgan fingerprint density at radius 2 is 2.14 bits per heavy atom. The van der Waals surface area contributed by atoms with Crippen molar-refractivity contribution in [1.29, 1.82) is 0 Å². The van der Waals surface area contributed by atoms with Gasteiger partial charge in [0.25, 0.3) is 5.91 Å². The van der Waals surface area contributed by atoms with E-state index in [2.05, 4.69) is 26.3 Å². The van der Waals surface area contributed by atoms with Gasteiger partial charge in [-0.05, 0) is 25.9 Å². The highest BCUT2D eigenvalue weighted by molar-refractivity contribution is 6.43. The molecule has 1 fully saturated rings. The van der Waals surface area contributed by atoms with Crippen LogP contribution in [0.3, 0.4) is 0 Å². The number of rotatable bonds is 3. The highest BCUT2D eigenvalue weighted by Gasteiger charge is 2.20. The molecule has 8 nitrogen and oxygen atoms in total. The summed E-state index contributed by atoms with van der Waals surface area (Å²) in [5, 5.41) is 14.2. The minimum absolute atomic E-state index is 0.162. The molecule has 0 unspecified atom stereocenters.